The Morgan fingerprint density at radius 2 is 1.85 bits per heavy atom. The van der Waals surface area contributed by atoms with Crippen molar-refractivity contribution in [3.63, 3.8) is 0 Å². The summed E-state index contributed by atoms with van der Waals surface area (Å²) in [7, 11) is 0. The first-order valence-corrected chi connectivity index (χ1v) is 3.84. The summed E-state index contributed by atoms with van der Waals surface area (Å²) in [6.07, 6.45) is 0. The van der Waals surface area contributed by atoms with Crippen LogP contribution in [0, 0.1) is 5.82 Å². The van der Waals surface area contributed by atoms with Crippen molar-refractivity contribution >= 4 is 0 Å². The van der Waals surface area contributed by atoms with Gasteiger partial charge in [-0.05, 0) is 26.0 Å². The number of aromatic hydroxyl groups is 2. The van der Waals surface area contributed by atoms with Crippen molar-refractivity contribution < 1.29 is 14.6 Å². The van der Waals surface area contributed by atoms with Crippen molar-refractivity contribution in [2.45, 2.75) is 19.4 Å². The molecule has 0 aliphatic carbocycles. The van der Waals surface area contributed by atoms with E-state index in [9.17, 15) is 9.50 Å². The van der Waals surface area contributed by atoms with E-state index < -0.39 is 17.1 Å². The van der Waals surface area contributed by atoms with Gasteiger partial charge in [0.25, 0.3) is 0 Å². The van der Waals surface area contributed by atoms with Crippen LogP contribution in [-0.2, 0) is 5.54 Å². The average Bonchev–Trinajstić information content (AvgIpc) is 1.95. The lowest BCUT2D eigenvalue weighted by molar-refractivity contribution is 0.376. The fourth-order valence-corrected chi connectivity index (χ4v) is 1.17. The number of benzene rings is 1. The van der Waals surface area contributed by atoms with Crippen LogP contribution in [0.1, 0.15) is 19.4 Å². The zero-order valence-electron chi connectivity index (χ0n) is 7.50. The summed E-state index contributed by atoms with van der Waals surface area (Å²) in [6, 6.07) is 2.15. The molecule has 0 atom stereocenters. The zero-order chi connectivity index (χ0) is 10.2. The summed E-state index contributed by atoms with van der Waals surface area (Å²) >= 11 is 0. The molecule has 1 aromatic carbocycles. The van der Waals surface area contributed by atoms with E-state index in [4.69, 9.17) is 10.8 Å². The molecule has 72 valence electrons. The number of hydrogen-bond acceptors (Lipinski definition) is 3. The van der Waals surface area contributed by atoms with Crippen molar-refractivity contribution in [2.24, 2.45) is 5.73 Å². The highest BCUT2D eigenvalue weighted by Gasteiger charge is 2.24. The number of rotatable bonds is 1. The lowest BCUT2D eigenvalue weighted by atomic mass is 9.94. The minimum atomic E-state index is -1.02. The molecule has 0 amide bonds. The largest absolute Gasteiger partial charge is 0.504 e. The third-order valence-electron chi connectivity index (χ3n) is 1.75. The highest BCUT2D eigenvalue weighted by atomic mass is 19.1. The first kappa shape index (κ1) is 9.80. The predicted octanol–water partition coefficient (Wildman–Crippen LogP) is 1.43. The molecule has 0 heterocycles. The van der Waals surface area contributed by atoms with E-state index in [1.807, 2.05) is 0 Å². The molecule has 0 radical (unpaired) electrons. The van der Waals surface area contributed by atoms with Crippen LogP contribution < -0.4 is 5.73 Å². The van der Waals surface area contributed by atoms with Crippen LogP contribution in [0.2, 0.25) is 0 Å². The van der Waals surface area contributed by atoms with Crippen LogP contribution in [0.25, 0.3) is 0 Å². The van der Waals surface area contributed by atoms with E-state index in [2.05, 4.69) is 0 Å². The van der Waals surface area contributed by atoms with E-state index in [0.29, 0.717) is 0 Å². The lowest BCUT2D eigenvalue weighted by Gasteiger charge is -2.21. The third-order valence-corrected chi connectivity index (χ3v) is 1.75. The smallest absolute Gasteiger partial charge is 0.165 e. The van der Waals surface area contributed by atoms with Gasteiger partial charge in [-0.3, -0.25) is 0 Å². The SMILES string of the molecule is CC(C)(N)c1c(F)ccc(O)c1O. The van der Waals surface area contributed by atoms with Crippen LogP contribution >= 0.6 is 0 Å². The molecule has 0 saturated heterocycles. The number of nitrogens with two attached hydrogens (primary N) is 1. The number of hydrogen-bond donors (Lipinski definition) is 3. The molecule has 0 unspecified atom stereocenters. The number of phenolic OH excluding ortho intramolecular Hbond substituents is 2. The molecule has 3 nitrogen and oxygen atoms in total. The highest BCUT2D eigenvalue weighted by molar-refractivity contribution is 5.48. The lowest BCUT2D eigenvalue weighted by Crippen LogP contribution is -2.30. The van der Waals surface area contributed by atoms with Gasteiger partial charge in [0.15, 0.2) is 11.5 Å². The van der Waals surface area contributed by atoms with Crippen LogP contribution in [-0.4, -0.2) is 10.2 Å². The van der Waals surface area contributed by atoms with E-state index in [-0.39, 0.29) is 11.3 Å². The normalized spacial score (nSPS) is 11.7. The fraction of sp³-hybridized carbons (Fsp3) is 0.333. The molecule has 1 aromatic rings. The first-order chi connectivity index (χ1) is 5.84. The Kier molecular flexibility index (Phi) is 2.17. The van der Waals surface area contributed by atoms with Gasteiger partial charge in [0.1, 0.15) is 5.82 Å². The third kappa shape index (κ3) is 1.72. The molecule has 0 bridgehead atoms. The minimum Gasteiger partial charge on any atom is -0.504 e. The topological polar surface area (TPSA) is 66.5 Å². The summed E-state index contributed by atoms with van der Waals surface area (Å²) in [5, 5.41) is 18.5. The summed E-state index contributed by atoms with van der Waals surface area (Å²) in [6.45, 7) is 3.09. The zero-order valence-corrected chi connectivity index (χ0v) is 7.50. The van der Waals surface area contributed by atoms with Gasteiger partial charge in [-0.2, -0.15) is 0 Å². The summed E-state index contributed by atoms with van der Waals surface area (Å²) < 4.78 is 13.2. The maximum atomic E-state index is 13.2. The van der Waals surface area contributed by atoms with Crippen molar-refractivity contribution in [3.8, 4) is 11.5 Å². The van der Waals surface area contributed by atoms with E-state index in [1.165, 1.54) is 0 Å². The number of halogens is 1. The molecular formula is C9H12FNO2. The van der Waals surface area contributed by atoms with Gasteiger partial charge in [0.2, 0.25) is 0 Å². The molecule has 4 heteroatoms. The van der Waals surface area contributed by atoms with Gasteiger partial charge in [0, 0.05) is 5.54 Å². The van der Waals surface area contributed by atoms with Crippen molar-refractivity contribution in [3.05, 3.63) is 23.5 Å². The van der Waals surface area contributed by atoms with E-state index >= 15 is 0 Å². The van der Waals surface area contributed by atoms with Crippen LogP contribution in [0.4, 0.5) is 4.39 Å². The maximum absolute atomic E-state index is 13.2. The Bertz CT molecular complexity index is 331. The van der Waals surface area contributed by atoms with E-state index in [0.717, 1.165) is 12.1 Å². The molecule has 1 rings (SSSR count). The van der Waals surface area contributed by atoms with Crippen molar-refractivity contribution in [2.75, 3.05) is 0 Å². The average molecular weight is 185 g/mol. The standard InChI is InChI=1S/C9H12FNO2/c1-9(2,11)7-5(10)3-4-6(12)8(7)13/h3-4,12-13H,11H2,1-2H3. The van der Waals surface area contributed by atoms with Crippen LogP contribution in [0.15, 0.2) is 12.1 Å². The van der Waals surface area contributed by atoms with Gasteiger partial charge < -0.3 is 15.9 Å². The Labute approximate surface area is 75.6 Å². The van der Waals surface area contributed by atoms with Crippen molar-refractivity contribution in [1.82, 2.24) is 0 Å². The molecule has 0 spiro atoms. The fourth-order valence-electron chi connectivity index (χ4n) is 1.17. The monoisotopic (exact) mass is 185 g/mol. The Balaban J connectivity index is 3.43. The second-order valence-corrected chi connectivity index (χ2v) is 3.51. The molecule has 0 aliphatic heterocycles. The highest BCUT2D eigenvalue weighted by Crippen LogP contribution is 2.36. The van der Waals surface area contributed by atoms with Gasteiger partial charge in [-0.1, -0.05) is 0 Å². The molecule has 13 heavy (non-hydrogen) atoms. The van der Waals surface area contributed by atoms with Gasteiger partial charge >= 0.3 is 0 Å². The molecular weight excluding hydrogens is 173 g/mol. The molecule has 0 saturated carbocycles. The quantitative estimate of drug-likeness (QED) is 0.580. The van der Waals surface area contributed by atoms with Crippen molar-refractivity contribution in [1.29, 1.82) is 0 Å². The van der Waals surface area contributed by atoms with Gasteiger partial charge in [-0.25, -0.2) is 4.39 Å². The van der Waals surface area contributed by atoms with Crippen LogP contribution in [0.3, 0.4) is 0 Å². The predicted molar refractivity (Wildman–Crippen MR) is 46.9 cm³/mol. The molecule has 0 aliphatic rings. The molecule has 0 fully saturated rings. The second kappa shape index (κ2) is 2.88. The first-order valence-electron chi connectivity index (χ1n) is 3.84. The second-order valence-electron chi connectivity index (χ2n) is 3.51. The Morgan fingerprint density at radius 1 is 1.31 bits per heavy atom. The minimum absolute atomic E-state index is 0.0764. The molecule has 4 N–H and O–H groups in total. The van der Waals surface area contributed by atoms with E-state index in [1.54, 1.807) is 13.8 Å². The Hall–Kier alpha value is -1.29. The van der Waals surface area contributed by atoms with Crippen LogP contribution in [0.5, 0.6) is 11.5 Å². The van der Waals surface area contributed by atoms with Gasteiger partial charge in [0.05, 0.1) is 5.56 Å². The summed E-state index contributed by atoms with van der Waals surface area (Å²) in [5.74, 6) is -1.48. The number of phenols is 2. The summed E-state index contributed by atoms with van der Waals surface area (Å²) in [5.41, 5.74) is 4.52. The molecule has 0 aromatic heterocycles. The summed E-state index contributed by atoms with van der Waals surface area (Å²) in [4.78, 5) is 0. The maximum Gasteiger partial charge on any atom is 0.165 e. The van der Waals surface area contributed by atoms with Gasteiger partial charge in [-0.15, -0.1) is 0 Å². The Morgan fingerprint density at radius 3 is 2.23 bits per heavy atom.